The van der Waals surface area contributed by atoms with Crippen LogP contribution in [0.25, 0.3) is 0 Å². The highest BCUT2D eigenvalue weighted by molar-refractivity contribution is 5.91. The molecule has 1 aromatic carbocycles. The zero-order valence-electron chi connectivity index (χ0n) is 10.3. The summed E-state index contributed by atoms with van der Waals surface area (Å²) in [5, 5.41) is 10.5. The van der Waals surface area contributed by atoms with Gasteiger partial charge in [0.1, 0.15) is 5.75 Å². The van der Waals surface area contributed by atoms with Crippen molar-refractivity contribution in [3.05, 3.63) is 36.0 Å². The number of methoxy groups -OCH3 is 1. The summed E-state index contributed by atoms with van der Waals surface area (Å²) in [6.07, 6.45) is 1.78. The molecule has 0 radical (unpaired) electrons. The van der Waals surface area contributed by atoms with Crippen molar-refractivity contribution in [1.82, 2.24) is 15.0 Å². The van der Waals surface area contributed by atoms with Crippen LogP contribution in [0.2, 0.25) is 0 Å². The summed E-state index contributed by atoms with van der Waals surface area (Å²) < 4.78 is 5.10. The van der Waals surface area contributed by atoms with Crippen LogP contribution < -0.4 is 10.1 Å². The van der Waals surface area contributed by atoms with Crippen LogP contribution in [0.5, 0.6) is 5.75 Å². The summed E-state index contributed by atoms with van der Waals surface area (Å²) in [6.45, 7) is 0. The van der Waals surface area contributed by atoms with Crippen LogP contribution >= 0.6 is 0 Å². The predicted octanol–water partition coefficient (Wildman–Crippen LogP) is 1.00. The Morgan fingerprint density at radius 3 is 3.00 bits per heavy atom. The minimum Gasteiger partial charge on any atom is -0.497 e. The Balaban J connectivity index is 1.98. The predicted molar refractivity (Wildman–Crippen MR) is 66.3 cm³/mol. The lowest BCUT2D eigenvalue weighted by Crippen LogP contribution is -2.14. The van der Waals surface area contributed by atoms with Crippen molar-refractivity contribution < 1.29 is 9.53 Å². The molecule has 0 aliphatic heterocycles. The van der Waals surface area contributed by atoms with E-state index in [4.69, 9.17) is 4.74 Å². The summed E-state index contributed by atoms with van der Waals surface area (Å²) in [4.78, 5) is 13.2. The fourth-order valence-corrected chi connectivity index (χ4v) is 1.56. The monoisotopic (exact) mass is 246 g/mol. The van der Waals surface area contributed by atoms with Gasteiger partial charge in [0.15, 0.2) is 5.82 Å². The van der Waals surface area contributed by atoms with Crippen LogP contribution in [-0.2, 0) is 18.3 Å². The van der Waals surface area contributed by atoms with E-state index in [9.17, 15) is 4.79 Å². The van der Waals surface area contributed by atoms with E-state index in [2.05, 4.69) is 15.5 Å². The van der Waals surface area contributed by atoms with Gasteiger partial charge in [0, 0.05) is 7.05 Å². The number of hydrogen-bond donors (Lipinski definition) is 1. The van der Waals surface area contributed by atoms with Gasteiger partial charge in [0.25, 0.3) is 0 Å². The number of anilines is 1. The molecule has 18 heavy (non-hydrogen) atoms. The highest BCUT2D eigenvalue weighted by atomic mass is 16.5. The molecule has 94 valence electrons. The summed E-state index contributed by atoms with van der Waals surface area (Å²) >= 11 is 0. The number of rotatable bonds is 4. The van der Waals surface area contributed by atoms with Crippen molar-refractivity contribution in [1.29, 1.82) is 0 Å². The van der Waals surface area contributed by atoms with Crippen LogP contribution in [0.4, 0.5) is 5.82 Å². The summed E-state index contributed by atoms with van der Waals surface area (Å²) in [5.74, 6) is 1.05. The first-order chi connectivity index (χ1) is 8.67. The molecular weight excluding hydrogens is 232 g/mol. The number of aryl methyl sites for hydroxylation is 1. The van der Waals surface area contributed by atoms with Crippen molar-refractivity contribution in [3.8, 4) is 5.75 Å². The number of hydrogen-bond acceptors (Lipinski definition) is 4. The molecule has 0 saturated carbocycles. The molecular formula is C12H14N4O2. The zero-order valence-corrected chi connectivity index (χ0v) is 10.3. The van der Waals surface area contributed by atoms with Gasteiger partial charge in [0.05, 0.1) is 19.7 Å². The molecule has 6 nitrogen and oxygen atoms in total. The molecule has 1 amide bonds. The Hall–Kier alpha value is -2.37. The average molecular weight is 246 g/mol. The third-order valence-corrected chi connectivity index (χ3v) is 2.37. The van der Waals surface area contributed by atoms with E-state index in [-0.39, 0.29) is 12.3 Å². The third kappa shape index (κ3) is 3.07. The molecule has 0 saturated heterocycles. The molecule has 6 heteroatoms. The van der Waals surface area contributed by atoms with E-state index in [1.165, 1.54) is 11.0 Å². The molecule has 2 rings (SSSR count). The Morgan fingerprint density at radius 2 is 2.33 bits per heavy atom. The number of carbonyl (C=O) groups excluding carboxylic acids is 1. The highest BCUT2D eigenvalue weighted by Gasteiger charge is 2.06. The maximum atomic E-state index is 11.8. The number of amides is 1. The average Bonchev–Trinajstić information content (AvgIpc) is 2.74. The van der Waals surface area contributed by atoms with Gasteiger partial charge in [-0.25, -0.2) is 0 Å². The molecule has 0 spiro atoms. The van der Waals surface area contributed by atoms with E-state index >= 15 is 0 Å². The van der Waals surface area contributed by atoms with Gasteiger partial charge in [-0.3, -0.25) is 4.79 Å². The van der Waals surface area contributed by atoms with Gasteiger partial charge in [-0.05, 0) is 17.7 Å². The Labute approximate surface area is 105 Å². The fraction of sp³-hybridized carbons (Fsp3) is 0.250. The number of benzene rings is 1. The largest absolute Gasteiger partial charge is 0.497 e. The molecule has 0 aliphatic rings. The number of aromatic nitrogens is 3. The molecule has 1 N–H and O–H groups in total. The lowest BCUT2D eigenvalue weighted by molar-refractivity contribution is -0.115. The minimum absolute atomic E-state index is 0.135. The smallest absolute Gasteiger partial charge is 0.230 e. The SMILES string of the molecule is COc1cccc(CC(=O)Nc2cnn(C)n2)c1. The van der Waals surface area contributed by atoms with Crippen molar-refractivity contribution in [2.45, 2.75) is 6.42 Å². The number of nitrogens with one attached hydrogen (secondary N) is 1. The standard InChI is InChI=1S/C12H14N4O2/c1-16-13-8-11(15-16)14-12(17)7-9-4-3-5-10(6-9)18-2/h3-6,8H,7H2,1-2H3,(H,14,15,17). The number of ether oxygens (including phenoxy) is 1. The van der Waals surface area contributed by atoms with Gasteiger partial charge in [-0.1, -0.05) is 12.1 Å². The van der Waals surface area contributed by atoms with Crippen LogP contribution in [-0.4, -0.2) is 28.0 Å². The Morgan fingerprint density at radius 1 is 1.50 bits per heavy atom. The molecule has 0 bridgehead atoms. The van der Waals surface area contributed by atoms with Crippen molar-refractivity contribution in [3.63, 3.8) is 0 Å². The maximum absolute atomic E-state index is 11.8. The lowest BCUT2D eigenvalue weighted by Gasteiger charge is -2.04. The molecule has 0 fully saturated rings. The molecule has 0 atom stereocenters. The second-order valence-electron chi connectivity index (χ2n) is 3.80. The van der Waals surface area contributed by atoms with Crippen LogP contribution in [0.15, 0.2) is 30.5 Å². The van der Waals surface area contributed by atoms with Crippen molar-refractivity contribution in [2.75, 3.05) is 12.4 Å². The van der Waals surface area contributed by atoms with Crippen molar-refractivity contribution in [2.24, 2.45) is 7.05 Å². The Bertz CT molecular complexity index is 551. The highest BCUT2D eigenvalue weighted by Crippen LogP contribution is 2.13. The van der Waals surface area contributed by atoms with E-state index in [0.29, 0.717) is 5.82 Å². The van der Waals surface area contributed by atoms with Gasteiger partial charge in [-0.2, -0.15) is 9.90 Å². The molecule has 1 aromatic heterocycles. The van der Waals surface area contributed by atoms with Gasteiger partial charge in [-0.15, -0.1) is 5.10 Å². The molecule has 2 aromatic rings. The maximum Gasteiger partial charge on any atom is 0.230 e. The van der Waals surface area contributed by atoms with E-state index in [1.807, 2.05) is 24.3 Å². The molecule has 0 aliphatic carbocycles. The van der Waals surface area contributed by atoms with Gasteiger partial charge >= 0.3 is 0 Å². The van der Waals surface area contributed by atoms with Crippen molar-refractivity contribution >= 4 is 11.7 Å². The first-order valence-corrected chi connectivity index (χ1v) is 5.46. The van der Waals surface area contributed by atoms with E-state index in [0.717, 1.165) is 11.3 Å². The summed E-state index contributed by atoms with van der Waals surface area (Å²) in [7, 11) is 3.29. The van der Waals surface area contributed by atoms with Gasteiger partial charge < -0.3 is 10.1 Å². The second kappa shape index (κ2) is 5.31. The second-order valence-corrected chi connectivity index (χ2v) is 3.80. The Kier molecular flexibility index (Phi) is 3.57. The van der Waals surface area contributed by atoms with E-state index in [1.54, 1.807) is 14.2 Å². The first-order valence-electron chi connectivity index (χ1n) is 5.46. The number of carbonyl (C=O) groups is 1. The molecule has 1 heterocycles. The fourth-order valence-electron chi connectivity index (χ4n) is 1.56. The van der Waals surface area contributed by atoms with Crippen LogP contribution in [0.3, 0.4) is 0 Å². The van der Waals surface area contributed by atoms with Gasteiger partial charge in [0.2, 0.25) is 5.91 Å². The normalized spacial score (nSPS) is 10.1. The molecule has 0 unspecified atom stereocenters. The van der Waals surface area contributed by atoms with Crippen LogP contribution in [0, 0.1) is 0 Å². The summed E-state index contributed by atoms with van der Waals surface area (Å²) in [6, 6.07) is 7.39. The number of nitrogens with zero attached hydrogens (tertiary/aromatic N) is 3. The zero-order chi connectivity index (χ0) is 13.0. The third-order valence-electron chi connectivity index (χ3n) is 2.37. The summed E-state index contributed by atoms with van der Waals surface area (Å²) in [5.41, 5.74) is 0.885. The minimum atomic E-state index is -0.135. The first kappa shape index (κ1) is 12.1. The lowest BCUT2D eigenvalue weighted by atomic mass is 10.1. The van der Waals surface area contributed by atoms with Crippen LogP contribution in [0.1, 0.15) is 5.56 Å². The topological polar surface area (TPSA) is 69.0 Å². The van der Waals surface area contributed by atoms with E-state index < -0.39 is 0 Å². The quantitative estimate of drug-likeness (QED) is 0.874.